The van der Waals surface area contributed by atoms with Crippen molar-refractivity contribution >= 4 is 11.8 Å². The van der Waals surface area contributed by atoms with Crippen LogP contribution in [-0.2, 0) is 11.3 Å². The maximum atomic E-state index is 13.1. The number of likely N-dealkylation sites (N-methyl/N-ethyl adjacent to an activating group) is 1. The first-order valence-corrected chi connectivity index (χ1v) is 7.42. The lowest BCUT2D eigenvalue weighted by molar-refractivity contribution is -0.126. The molecule has 0 spiro atoms. The highest BCUT2D eigenvalue weighted by molar-refractivity contribution is 5.91. The number of furan rings is 1. The van der Waals surface area contributed by atoms with Crippen LogP contribution in [0, 0.1) is 5.82 Å². The fraction of sp³-hybridized carbons (Fsp3) is 0.294. The van der Waals surface area contributed by atoms with Crippen LogP contribution in [0.3, 0.4) is 0 Å². The fourth-order valence-corrected chi connectivity index (χ4v) is 2.32. The molecule has 2 rings (SSSR count). The highest BCUT2D eigenvalue weighted by Crippen LogP contribution is 2.19. The molecule has 2 N–H and O–H groups in total. The van der Waals surface area contributed by atoms with Crippen molar-refractivity contribution in [3.63, 3.8) is 0 Å². The van der Waals surface area contributed by atoms with Gasteiger partial charge in [-0.1, -0.05) is 12.1 Å². The van der Waals surface area contributed by atoms with E-state index in [0.717, 1.165) is 0 Å². The number of amides is 2. The van der Waals surface area contributed by atoms with Crippen LogP contribution in [0.4, 0.5) is 4.39 Å². The van der Waals surface area contributed by atoms with Gasteiger partial charge < -0.3 is 15.1 Å². The molecule has 0 aliphatic carbocycles. The number of carbonyl (C=O) groups excluding carboxylic acids is 2. The first kappa shape index (κ1) is 17.7. The molecule has 6 nitrogen and oxygen atoms in total. The van der Waals surface area contributed by atoms with Crippen LogP contribution >= 0.6 is 0 Å². The summed E-state index contributed by atoms with van der Waals surface area (Å²) in [6.45, 7) is 0.154. The molecule has 24 heavy (non-hydrogen) atoms. The number of benzene rings is 1. The van der Waals surface area contributed by atoms with E-state index in [1.165, 1.54) is 19.2 Å². The Hall–Kier alpha value is -2.67. The van der Waals surface area contributed by atoms with Gasteiger partial charge in [0, 0.05) is 7.05 Å². The second-order valence-corrected chi connectivity index (χ2v) is 5.48. The summed E-state index contributed by atoms with van der Waals surface area (Å²) in [7, 11) is 5.05. The van der Waals surface area contributed by atoms with Gasteiger partial charge in [-0.3, -0.25) is 14.5 Å². The minimum atomic E-state index is -0.557. The molecule has 1 heterocycles. The van der Waals surface area contributed by atoms with Gasteiger partial charge in [0.05, 0.1) is 6.54 Å². The van der Waals surface area contributed by atoms with E-state index in [1.807, 2.05) is 0 Å². The summed E-state index contributed by atoms with van der Waals surface area (Å²) in [5, 5.41) is 5.23. The monoisotopic (exact) mass is 333 g/mol. The zero-order valence-corrected chi connectivity index (χ0v) is 13.8. The number of hydrogen-bond acceptors (Lipinski definition) is 4. The average molecular weight is 333 g/mol. The third-order valence-electron chi connectivity index (χ3n) is 3.50. The quantitative estimate of drug-likeness (QED) is 0.844. The van der Waals surface area contributed by atoms with Gasteiger partial charge in [-0.25, -0.2) is 4.39 Å². The van der Waals surface area contributed by atoms with Crippen LogP contribution in [0.15, 0.2) is 40.8 Å². The van der Waals surface area contributed by atoms with Crippen molar-refractivity contribution in [2.45, 2.75) is 12.6 Å². The highest BCUT2D eigenvalue weighted by atomic mass is 19.1. The normalized spacial score (nSPS) is 12.0. The van der Waals surface area contributed by atoms with Crippen molar-refractivity contribution in [3.05, 3.63) is 59.3 Å². The molecule has 2 aromatic rings. The van der Waals surface area contributed by atoms with E-state index in [0.29, 0.717) is 11.3 Å². The maximum Gasteiger partial charge on any atom is 0.286 e. The first-order chi connectivity index (χ1) is 11.4. The lowest BCUT2D eigenvalue weighted by Crippen LogP contribution is -2.36. The van der Waals surface area contributed by atoms with Crippen LogP contribution in [0.1, 0.15) is 27.9 Å². The van der Waals surface area contributed by atoms with Crippen molar-refractivity contribution in [1.82, 2.24) is 15.5 Å². The van der Waals surface area contributed by atoms with E-state index in [-0.39, 0.29) is 29.9 Å². The van der Waals surface area contributed by atoms with Crippen molar-refractivity contribution in [3.8, 4) is 0 Å². The number of carbonyl (C=O) groups is 2. The molecule has 0 saturated heterocycles. The molecule has 0 bridgehead atoms. The molecule has 1 aromatic heterocycles. The lowest BCUT2D eigenvalue weighted by Gasteiger charge is -2.23. The first-order valence-electron chi connectivity index (χ1n) is 7.42. The molecule has 0 saturated carbocycles. The number of rotatable bonds is 6. The Labute approximate surface area is 139 Å². The Morgan fingerprint density at radius 1 is 1.17 bits per heavy atom. The largest absolute Gasteiger partial charge is 0.454 e. The van der Waals surface area contributed by atoms with Crippen molar-refractivity contribution in [1.29, 1.82) is 0 Å². The molecule has 0 radical (unpaired) electrons. The van der Waals surface area contributed by atoms with E-state index in [2.05, 4.69) is 10.6 Å². The summed E-state index contributed by atoms with van der Waals surface area (Å²) < 4.78 is 18.4. The molecule has 2 amide bonds. The van der Waals surface area contributed by atoms with Gasteiger partial charge in [-0.05, 0) is 43.9 Å². The Bertz CT molecular complexity index is 710. The summed E-state index contributed by atoms with van der Waals surface area (Å²) in [6, 6.07) is 8.42. The Kier molecular flexibility index (Phi) is 5.70. The number of hydrogen-bond donors (Lipinski definition) is 2. The van der Waals surface area contributed by atoms with Gasteiger partial charge in [-0.2, -0.15) is 0 Å². The van der Waals surface area contributed by atoms with Gasteiger partial charge in [0.2, 0.25) is 5.91 Å². The van der Waals surface area contributed by atoms with Gasteiger partial charge in [-0.15, -0.1) is 0 Å². The summed E-state index contributed by atoms with van der Waals surface area (Å²) in [5.74, 6) is -0.272. The molecule has 1 unspecified atom stereocenters. The predicted octanol–water partition coefficient (Wildman–Crippen LogP) is 1.70. The van der Waals surface area contributed by atoms with E-state index in [1.54, 1.807) is 43.3 Å². The Balaban J connectivity index is 2.04. The van der Waals surface area contributed by atoms with Crippen LogP contribution in [0.5, 0.6) is 0 Å². The fourth-order valence-electron chi connectivity index (χ4n) is 2.32. The summed E-state index contributed by atoms with van der Waals surface area (Å²) in [5.41, 5.74) is 0.685. The summed E-state index contributed by atoms with van der Waals surface area (Å²) in [4.78, 5) is 25.7. The number of nitrogens with zero attached hydrogens (tertiary/aromatic N) is 1. The van der Waals surface area contributed by atoms with E-state index in [4.69, 9.17) is 4.42 Å². The van der Waals surface area contributed by atoms with Crippen LogP contribution in [0.25, 0.3) is 0 Å². The SMILES string of the molecule is CNC(=O)c1ccc(CNC(=O)C(c2ccc(F)cc2)N(C)C)o1. The van der Waals surface area contributed by atoms with Gasteiger partial charge in [0.1, 0.15) is 17.6 Å². The van der Waals surface area contributed by atoms with E-state index < -0.39 is 6.04 Å². The van der Waals surface area contributed by atoms with Crippen molar-refractivity contribution in [2.24, 2.45) is 0 Å². The summed E-state index contributed by atoms with van der Waals surface area (Å²) >= 11 is 0. The zero-order valence-electron chi connectivity index (χ0n) is 13.8. The second kappa shape index (κ2) is 7.74. The topological polar surface area (TPSA) is 74.6 Å². The highest BCUT2D eigenvalue weighted by Gasteiger charge is 2.23. The van der Waals surface area contributed by atoms with Gasteiger partial charge in [0.15, 0.2) is 5.76 Å². The van der Waals surface area contributed by atoms with Crippen molar-refractivity contribution in [2.75, 3.05) is 21.1 Å². The Morgan fingerprint density at radius 3 is 2.42 bits per heavy atom. The molecular weight excluding hydrogens is 313 g/mol. The van der Waals surface area contributed by atoms with Crippen molar-refractivity contribution < 1.29 is 18.4 Å². The molecule has 0 fully saturated rings. The Morgan fingerprint density at radius 2 is 1.83 bits per heavy atom. The van der Waals surface area contributed by atoms with Crippen LogP contribution in [0.2, 0.25) is 0 Å². The second-order valence-electron chi connectivity index (χ2n) is 5.48. The minimum Gasteiger partial charge on any atom is -0.454 e. The smallest absolute Gasteiger partial charge is 0.286 e. The lowest BCUT2D eigenvalue weighted by atomic mass is 10.1. The van der Waals surface area contributed by atoms with E-state index in [9.17, 15) is 14.0 Å². The molecular formula is C17H20FN3O3. The average Bonchev–Trinajstić information content (AvgIpc) is 3.03. The molecule has 1 atom stereocenters. The van der Waals surface area contributed by atoms with Crippen LogP contribution in [-0.4, -0.2) is 37.9 Å². The standard InChI is InChI=1S/C17H20FN3O3/c1-19-16(22)14-9-8-13(24-14)10-20-17(23)15(21(2)3)11-4-6-12(18)7-5-11/h4-9,15H,10H2,1-3H3,(H,19,22)(H,20,23). The molecule has 0 aliphatic heterocycles. The van der Waals surface area contributed by atoms with Crippen LogP contribution < -0.4 is 10.6 Å². The predicted molar refractivity (Wildman–Crippen MR) is 86.8 cm³/mol. The number of nitrogens with one attached hydrogen (secondary N) is 2. The maximum absolute atomic E-state index is 13.1. The van der Waals surface area contributed by atoms with Gasteiger partial charge in [0.25, 0.3) is 5.91 Å². The third-order valence-corrected chi connectivity index (χ3v) is 3.50. The molecule has 7 heteroatoms. The molecule has 128 valence electrons. The zero-order chi connectivity index (χ0) is 17.7. The van der Waals surface area contributed by atoms with E-state index >= 15 is 0 Å². The minimum absolute atomic E-state index is 0.154. The molecule has 1 aromatic carbocycles. The third kappa shape index (κ3) is 4.20. The number of halogens is 1. The molecule has 0 aliphatic rings. The summed E-state index contributed by atoms with van der Waals surface area (Å²) in [6.07, 6.45) is 0. The van der Waals surface area contributed by atoms with Gasteiger partial charge >= 0.3 is 0 Å².